The predicted octanol–water partition coefficient (Wildman–Crippen LogP) is 3.30. The number of nitrogens with zero attached hydrogens (tertiary/aromatic N) is 4. The van der Waals surface area contributed by atoms with Gasteiger partial charge in [0, 0.05) is 51.1 Å². The highest BCUT2D eigenvalue weighted by atomic mass is 16.5. The Bertz CT molecular complexity index is 832. The number of rotatable bonds is 8. The Kier molecular flexibility index (Phi) is 7.76. The minimum atomic E-state index is 0.583. The molecule has 7 heteroatoms. The van der Waals surface area contributed by atoms with Gasteiger partial charge in [0.2, 0.25) is 0 Å². The van der Waals surface area contributed by atoms with E-state index in [1.54, 1.807) is 14.2 Å². The van der Waals surface area contributed by atoms with Crippen molar-refractivity contribution < 1.29 is 9.47 Å². The number of anilines is 1. The summed E-state index contributed by atoms with van der Waals surface area (Å²) in [4.78, 5) is 13.9. The number of pyridine rings is 1. The molecule has 1 aromatic heterocycles. The van der Waals surface area contributed by atoms with Crippen molar-refractivity contribution in [2.45, 2.75) is 32.9 Å². The number of aromatic nitrogens is 1. The average Bonchev–Trinajstić information content (AvgIpc) is 3.32. The van der Waals surface area contributed by atoms with E-state index in [2.05, 4.69) is 39.2 Å². The van der Waals surface area contributed by atoms with Crippen molar-refractivity contribution in [3.63, 3.8) is 0 Å². The Morgan fingerprint density at radius 1 is 1.17 bits per heavy atom. The number of hydrogen-bond donors (Lipinski definition) is 1. The summed E-state index contributed by atoms with van der Waals surface area (Å²) in [7, 11) is 5.36. The smallest absolute Gasteiger partial charge is 0.194 e. The molecule has 30 heavy (non-hydrogen) atoms. The van der Waals surface area contributed by atoms with Crippen LogP contribution in [0.1, 0.15) is 30.9 Å². The largest absolute Gasteiger partial charge is 0.497 e. The first-order valence-electron chi connectivity index (χ1n) is 10.5. The van der Waals surface area contributed by atoms with Crippen LogP contribution in [0, 0.1) is 0 Å². The van der Waals surface area contributed by atoms with Crippen LogP contribution < -0.4 is 19.7 Å². The number of nitrogens with one attached hydrogen (secondary N) is 1. The van der Waals surface area contributed by atoms with Gasteiger partial charge < -0.3 is 24.6 Å². The van der Waals surface area contributed by atoms with E-state index in [1.807, 2.05) is 31.4 Å². The molecule has 162 valence electrons. The van der Waals surface area contributed by atoms with Crippen molar-refractivity contribution in [2.24, 2.45) is 4.99 Å². The second-order valence-corrected chi connectivity index (χ2v) is 7.42. The lowest BCUT2D eigenvalue weighted by atomic mass is 10.2. The van der Waals surface area contributed by atoms with Crippen molar-refractivity contribution in [1.82, 2.24) is 15.2 Å². The minimum absolute atomic E-state index is 0.583. The van der Waals surface area contributed by atoms with Crippen LogP contribution in [0.4, 0.5) is 5.82 Å². The zero-order valence-electron chi connectivity index (χ0n) is 18.5. The van der Waals surface area contributed by atoms with Crippen LogP contribution in [0.3, 0.4) is 0 Å². The van der Waals surface area contributed by atoms with Gasteiger partial charge in [-0.3, -0.25) is 0 Å². The highest BCUT2D eigenvalue weighted by molar-refractivity contribution is 5.79. The normalized spacial score (nSPS) is 14.0. The van der Waals surface area contributed by atoms with Crippen LogP contribution in [-0.2, 0) is 13.1 Å². The zero-order chi connectivity index (χ0) is 21.3. The van der Waals surface area contributed by atoms with Gasteiger partial charge in [-0.05, 0) is 43.5 Å². The molecule has 7 nitrogen and oxygen atoms in total. The van der Waals surface area contributed by atoms with E-state index in [4.69, 9.17) is 14.5 Å². The van der Waals surface area contributed by atoms with E-state index in [0.29, 0.717) is 13.1 Å². The van der Waals surface area contributed by atoms with Crippen molar-refractivity contribution in [2.75, 3.05) is 45.8 Å². The van der Waals surface area contributed by atoms with Gasteiger partial charge in [0.1, 0.15) is 17.3 Å². The Labute approximate surface area is 179 Å². The Morgan fingerprint density at radius 2 is 1.97 bits per heavy atom. The lowest BCUT2D eigenvalue weighted by molar-refractivity contribution is 0.382. The first kappa shape index (κ1) is 21.7. The van der Waals surface area contributed by atoms with Crippen LogP contribution >= 0.6 is 0 Å². The Balaban J connectivity index is 1.67. The van der Waals surface area contributed by atoms with Crippen LogP contribution in [0.25, 0.3) is 0 Å². The van der Waals surface area contributed by atoms with Crippen molar-refractivity contribution >= 4 is 11.8 Å². The zero-order valence-corrected chi connectivity index (χ0v) is 18.5. The summed E-state index contributed by atoms with van der Waals surface area (Å²) in [6.45, 7) is 6.34. The third kappa shape index (κ3) is 5.55. The third-order valence-corrected chi connectivity index (χ3v) is 5.25. The fourth-order valence-electron chi connectivity index (χ4n) is 3.59. The molecule has 0 radical (unpaired) electrons. The van der Waals surface area contributed by atoms with E-state index in [1.165, 1.54) is 12.8 Å². The summed E-state index contributed by atoms with van der Waals surface area (Å²) in [5, 5.41) is 3.37. The van der Waals surface area contributed by atoms with Crippen molar-refractivity contribution in [3.8, 4) is 11.5 Å². The number of ether oxygens (including phenoxy) is 2. The summed E-state index contributed by atoms with van der Waals surface area (Å²) in [5.74, 6) is 3.50. The minimum Gasteiger partial charge on any atom is -0.497 e. The molecule has 0 saturated carbocycles. The quantitative estimate of drug-likeness (QED) is 0.531. The summed E-state index contributed by atoms with van der Waals surface area (Å²) < 4.78 is 10.8. The molecule has 1 fully saturated rings. The van der Waals surface area contributed by atoms with Gasteiger partial charge in [-0.15, -0.1) is 0 Å². The maximum absolute atomic E-state index is 5.53. The van der Waals surface area contributed by atoms with E-state index >= 15 is 0 Å². The van der Waals surface area contributed by atoms with Gasteiger partial charge in [0.15, 0.2) is 5.96 Å². The summed E-state index contributed by atoms with van der Waals surface area (Å²) in [6, 6.07) is 10.1. The molecule has 0 atom stereocenters. The highest BCUT2D eigenvalue weighted by Crippen LogP contribution is 2.25. The molecular weight excluding hydrogens is 378 g/mol. The predicted molar refractivity (Wildman–Crippen MR) is 122 cm³/mol. The molecule has 1 aliphatic rings. The Hall–Kier alpha value is -2.96. The van der Waals surface area contributed by atoms with E-state index < -0.39 is 0 Å². The first-order valence-corrected chi connectivity index (χ1v) is 10.5. The molecule has 0 aliphatic carbocycles. The fourth-order valence-corrected chi connectivity index (χ4v) is 3.59. The molecule has 1 aromatic carbocycles. The number of hydrogen-bond acceptors (Lipinski definition) is 5. The number of benzene rings is 1. The van der Waals surface area contributed by atoms with Gasteiger partial charge in [-0.2, -0.15) is 0 Å². The molecule has 0 amide bonds. The topological polar surface area (TPSA) is 62.2 Å². The van der Waals surface area contributed by atoms with Gasteiger partial charge in [-0.1, -0.05) is 6.07 Å². The van der Waals surface area contributed by atoms with Crippen molar-refractivity contribution in [3.05, 3.63) is 47.7 Å². The molecule has 3 rings (SSSR count). The molecule has 2 heterocycles. The van der Waals surface area contributed by atoms with E-state index in [-0.39, 0.29) is 0 Å². The van der Waals surface area contributed by atoms with Gasteiger partial charge >= 0.3 is 0 Å². The van der Waals surface area contributed by atoms with Crippen molar-refractivity contribution in [1.29, 1.82) is 0 Å². The number of aliphatic imine (C=N–C) groups is 1. The monoisotopic (exact) mass is 411 g/mol. The lowest BCUT2D eigenvalue weighted by Crippen LogP contribution is -2.38. The molecule has 1 aliphatic heterocycles. The second kappa shape index (κ2) is 10.7. The molecular formula is C23H33N5O2. The highest BCUT2D eigenvalue weighted by Gasteiger charge is 2.14. The van der Waals surface area contributed by atoms with Crippen LogP contribution in [0.2, 0.25) is 0 Å². The molecule has 0 bridgehead atoms. The lowest BCUT2D eigenvalue weighted by Gasteiger charge is -2.23. The Morgan fingerprint density at radius 3 is 2.60 bits per heavy atom. The molecule has 0 spiro atoms. The fraction of sp³-hybridized carbons (Fsp3) is 0.478. The van der Waals surface area contributed by atoms with Crippen LogP contribution in [0.5, 0.6) is 11.5 Å². The molecule has 0 unspecified atom stereocenters. The summed E-state index contributed by atoms with van der Waals surface area (Å²) >= 11 is 0. The average molecular weight is 412 g/mol. The summed E-state index contributed by atoms with van der Waals surface area (Å²) in [6.07, 6.45) is 4.45. The maximum Gasteiger partial charge on any atom is 0.194 e. The van der Waals surface area contributed by atoms with Gasteiger partial charge in [0.25, 0.3) is 0 Å². The van der Waals surface area contributed by atoms with Crippen LogP contribution in [-0.4, -0.2) is 56.7 Å². The number of guanidine groups is 1. The number of methoxy groups -OCH3 is 2. The van der Waals surface area contributed by atoms with Crippen LogP contribution in [0.15, 0.2) is 41.5 Å². The van der Waals surface area contributed by atoms with Gasteiger partial charge in [0.05, 0.1) is 20.8 Å². The summed E-state index contributed by atoms with van der Waals surface area (Å²) in [5.41, 5.74) is 2.17. The maximum atomic E-state index is 5.53. The molecule has 2 aromatic rings. The van der Waals surface area contributed by atoms with E-state index in [9.17, 15) is 0 Å². The SMILES string of the molecule is CCNC(=NCc1ccc(N2CCCC2)nc1)N(C)Cc1ccc(OC)cc1OC. The molecule has 1 N–H and O–H groups in total. The van der Waals surface area contributed by atoms with E-state index in [0.717, 1.165) is 54.0 Å². The molecule has 1 saturated heterocycles. The first-order chi connectivity index (χ1) is 14.6. The van der Waals surface area contributed by atoms with Gasteiger partial charge in [-0.25, -0.2) is 9.98 Å². The third-order valence-electron chi connectivity index (χ3n) is 5.25. The standard InChI is InChI=1S/C23H33N5O2/c1-5-24-23(27(2)17-19-9-10-20(29-3)14-21(19)30-4)26-16-18-8-11-22(25-15-18)28-12-6-7-13-28/h8-11,14-15H,5-7,12-13,16-17H2,1-4H3,(H,24,26). The second-order valence-electron chi connectivity index (χ2n) is 7.42.